The lowest BCUT2D eigenvalue weighted by Gasteiger charge is -2.24. The van der Waals surface area contributed by atoms with E-state index in [-0.39, 0.29) is 12.5 Å². The van der Waals surface area contributed by atoms with Gasteiger partial charge in [-0.2, -0.15) is 26.3 Å². The number of halogens is 6. The highest BCUT2D eigenvalue weighted by Gasteiger charge is 2.60. The van der Waals surface area contributed by atoms with E-state index in [1.54, 1.807) is 6.92 Å². The summed E-state index contributed by atoms with van der Waals surface area (Å²) in [5.41, 5.74) is -1.99. The molecule has 0 aromatic carbocycles. The normalized spacial score (nSPS) is 14.5. The second kappa shape index (κ2) is 9.67. The van der Waals surface area contributed by atoms with Crippen LogP contribution in [0.5, 0.6) is 0 Å². The Morgan fingerprint density at radius 3 is 1.96 bits per heavy atom. The molecular weight excluding hydrogens is 358 g/mol. The number of hydrogen-bond donors (Lipinski definition) is 1. The first-order chi connectivity index (χ1) is 11.3. The summed E-state index contributed by atoms with van der Waals surface area (Å²) in [6.07, 6.45) is -9.51. The Morgan fingerprint density at radius 2 is 1.60 bits per heavy atom. The fourth-order valence-corrected chi connectivity index (χ4v) is 2.11. The van der Waals surface area contributed by atoms with Crippen LogP contribution in [0.1, 0.15) is 39.5 Å². The van der Waals surface area contributed by atoms with E-state index >= 15 is 0 Å². The predicted molar refractivity (Wildman–Crippen MR) is 75.6 cm³/mol. The predicted octanol–water partition coefficient (Wildman–Crippen LogP) is 4.50. The van der Waals surface area contributed by atoms with Gasteiger partial charge in [-0.3, -0.25) is 0 Å². The van der Waals surface area contributed by atoms with Crippen LogP contribution >= 0.6 is 0 Å². The second-order valence-electron chi connectivity index (χ2n) is 5.47. The number of carbonyl (C=O) groups excluding carboxylic acids is 1. The molecule has 0 radical (unpaired) electrons. The van der Waals surface area contributed by atoms with Gasteiger partial charge in [0.1, 0.15) is 0 Å². The van der Waals surface area contributed by atoms with E-state index in [2.05, 4.69) is 4.74 Å². The van der Waals surface area contributed by atoms with Crippen LogP contribution in [-0.2, 0) is 14.3 Å². The molecule has 0 aliphatic carbocycles. The standard InChI is InChI=1S/C15H20F6O4/c1-3-5-6-9(4-2)8-25-13(24)10(7-11(22)23)12(14(16,17)18)15(19,20)21/h7,9,12H,3-6,8H2,1-2H3,(H,22,23). The molecule has 0 bridgehead atoms. The van der Waals surface area contributed by atoms with Crippen LogP contribution in [-0.4, -0.2) is 36.0 Å². The van der Waals surface area contributed by atoms with Crippen molar-refractivity contribution in [3.05, 3.63) is 11.6 Å². The van der Waals surface area contributed by atoms with Crippen LogP contribution in [0.15, 0.2) is 11.6 Å². The van der Waals surface area contributed by atoms with Crippen molar-refractivity contribution in [3.8, 4) is 0 Å². The summed E-state index contributed by atoms with van der Waals surface area (Å²) < 4.78 is 81.0. The average Bonchev–Trinajstić information content (AvgIpc) is 2.43. The minimum Gasteiger partial charge on any atom is -0.478 e. The molecule has 10 heteroatoms. The molecule has 0 fully saturated rings. The van der Waals surface area contributed by atoms with Crippen molar-refractivity contribution in [1.29, 1.82) is 0 Å². The van der Waals surface area contributed by atoms with E-state index in [9.17, 15) is 35.9 Å². The molecule has 0 heterocycles. The van der Waals surface area contributed by atoms with Gasteiger partial charge in [-0.15, -0.1) is 0 Å². The fourth-order valence-electron chi connectivity index (χ4n) is 2.11. The van der Waals surface area contributed by atoms with Crippen molar-refractivity contribution in [2.24, 2.45) is 11.8 Å². The van der Waals surface area contributed by atoms with Crippen LogP contribution < -0.4 is 0 Å². The summed E-state index contributed by atoms with van der Waals surface area (Å²) in [6.45, 7) is 3.24. The molecule has 0 amide bonds. The van der Waals surface area contributed by atoms with Crippen LogP contribution in [0, 0.1) is 11.8 Å². The molecule has 0 aromatic rings. The second-order valence-corrected chi connectivity index (χ2v) is 5.47. The Morgan fingerprint density at radius 1 is 1.08 bits per heavy atom. The molecule has 0 rings (SSSR count). The number of carboxylic acids is 1. The van der Waals surface area contributed by atoms with E-state index in [0.717, 1.165) is 12.8 Å². The van der Waals surface area contributed by atoms with E-state index in [0.29, 0.717) is 12.8 Å². The molecule has 1 N–H and O–H groups in total. The molecule has 25 heavy (non-hydrogen) atoms. The summed E-state index contributed by atoms with van der Waals surface area (Å²) in [6, 6.07) is 0. The van der Waals surface area contributed by atoms with Crippen LogP contribution in [0.3, 0.4) is 0 Å². The maximum Gasteiger partial charge on any atom is 0.404 e. The zero-order chi connectivity index (χ0) is 19.8. The maximum atomic E-state index is 12.7. The summed E-state index contributed by atoms with van der Waals surface area (Å²) in [4.78, 5) is 22.3. The Balaban J connectivity index is 5.46. The van der Waals surface area contributed by atoms with Gasteiger partial charge in [0.05, 0.1) is 12.2 Å². The van der Waals surface area contributed by atoms with E-state index < -0.39 is 41.9 Å². The first kappa shape index (κ1) is 23.3. The Labute approximate surface area is 140 Å². The lowest BCUT2D eigenvalue weighted by atomic mass is 9.96. The number of esters is 1. The van der Waals surface area contributed by atoms with Gasteiger partial charge in [-0.05, 0) is 12.3 Å². The minimum atomic E-state index is -5.88. The van der Waals surface area contributed by atoms with Gasteiger partial charge in [0.2, 0.25) is 0 Å². The molecule has 0 saturated carbocycles. The summed E-state index contributed by atoms with van der Waals surface area (Å²) in [7, 11) is 0. The monoisotopic (exact) mass is 378 g/mol. The average molecular weight is 378 g/mol. The molecule has 0 aromatic heterocycles. The number of rotatable bonds is 9. The minimum absolute atomic E-state index is 0.231. The molecule has 0 saturated heterocycles. The van der Waals surface area contributed by atoms with Crippen molar-refractivity contribution in [3.63, 3.8) is 0 Å². The van der Waals surface area contributed by atoms with Crippen molar-refractivity contribution in [2.45, 2.75) is 51.9 Å². The molecule has 0 aliphatic heterocycles. The highest BCUT2D eigenvalue weighted by molar-refractivity contribution is 5.96. The molecule has 0 aliphatic rings. The van der Waals surface area contributed by atoms with Gasteiger partial charge >= 0.3 is 24.3 Å². The summed E-state index contributed by atoms with van der Waals surface area (Å²) in [5.74, 6) is -8.50. The van der Waals surface area contributed by atoms with E-state index in [1.165, 1.54) is 0 Å². The van der Waals surface area contributed by atoms with Gasteiger partial charge in [0.15, 0.2) is 5.92 Å². The zero-order valence-corrected chi connectivity index (χ0v) is 13.7. The number of ether oxygens (including phenoxy) is 1. The third kappa shape index (κ3) is 8.26. The first-order valence-corrected chi connectivity index (χ1v) is 7.59. The van der Waals surface area contributed by atoms with Gasteiger partial charge < -0.3 is 9.84 Å². The number of aliphatic carboxylic acids is 1. The third-order valence-electron chi connectivity index (χ3n) is 3.47. The summed E-state index contributed by atoms with van der Waals surface area (Å²) in [5, 5.41) is 8.53. The highest BCUT2D eigenvalue weighted by Crippen LogP contribution is 2.44. The fraction of sp³-hybridized carbons (Fsp3) is 0.733. The SMILES string of the molecule is CCCCC(CC)COC(=O)C(=CC(=O)O)C(C(F)(F)F)C(F)(F)F. The van der Waals surface area contributed by atoms with Gasteiger partial charge in [0.25, 0.3) is 0 Å². The number of alkyl halides is 6. The van der Waals surface area contributed by atoms with Crippen molar-refractivity contribution in [1.82, 2.24) is 0 Å². The van der Waals surface area contributed by atoms with E-state index in [4.69, 9.17) is 5.11 Å². The Bertz CT molecular complexity index is 467. The molecular formula is C15H20F6O4. The van der Waals surface area contributed by atoms with Crippen molar-refractivity contribution < 1.29 is 45.8 Å². The van der Waals surface area contributed by atoms with Gasteiger partial charge in [-0.25, -0.2) is 9.59 Å². The zero-order valence-electron chi connectivity index (χ0n) is 13.7. The molecule has 4 nitrogen and oxygen atoms in total. The number of carboxylic acid groups (broad SMARTS) is 1. The van der Waals surface area contributed by atoms with Crippen molar-refractivity contribution in [2.75, 3.05) is 6.61 Å². The maximum absolute atomic E-state index is 12.7. The van der Waals surface area contributed by atoms with Crippen molar-refractivity contribution >= 4 is 11.9 Å². The Kier molecular flexibility index (Phi) is 8.99. The van der Waals surface area contributed by atoms with Crippen LogP contribution in [0.4, 0.5) is 26.3 Å². The molecule has 146 valence electrons. The number of unbranched alkanes of at least 4 members (excludes halogenated alkanes) is 1. The topological polar surface area (TPSA) is 63.6 Å². The van der Waals surface area contributed by atoms with Crippen LogP contribution in [0.2, 0.25) is 0 Å². The molecule has 1 unspecified atom stereocenters. The molecule has 0 spiro atoms. The smallest absolute Gasteiger partial charge is 0.404 e. The third-order valence-corrected chi connectivity index (χ3v) is 3.47. The quantitative estimate of drug-likeness (QED) is 0.365. The largest absolute Gasteiger partial charge is 0.478 e. The van der Waals surface area contributed by atoms with E-state index in [1.807, 2.05) is 6.92 Å². The number of carbonyl (C=O) groups is 2. The lowest BCUT2D eigenvalue weighted by molar-refractivity contribution is -0.272. The van der Waals surface area contributed by atoms with Gasteiger partial charge in [0, 0.05) is 6.08 Å². The summed E-state index contributed by atoms with van der Waals surface area (Å²) >= 11 is 0. The first-order valence-electron chi connectivity index (χ1n) is 7.59. The number of hydrogen-bond acceptors (Lipinski definition) is 3. The van der Waals surface area contributed by atoms with Gasteiger partial charge in [-0.1, -0.05) is 33.1 Å². The Hall–Kier alpha value is -1.74. The molecule has 1 atom stereocenters. The lowest BCUT2D eigenvalue weighted by Crippen LogP contribution is -2.41. The highest BCUT2D eigenvalue weighted by atomic mass is 19.4. The van der Waals surface area contributed by atoms with Crippen LogP contribution in [0.25, 0.3) is 0 Å².